The maximum Gasteiger partial charge on any atom is 0.341 e. The van der Waals surface area contributed by atoms with E-state index in [0.717, 1.165) is 16.8 Å². The van der Waals surface area contributed by atoms with Crippen molar-refractivity contribution < 1.29 is 19.4 Å². The van der Waals surface area contributed by atoms with Gasteiger partial charge in [-0.2, -0.15) is 0 Å². The van der Waals surface area contributed by atoms with Gasteiger partial charge in [0.15, 0.2) is 11.7 Å². The van der Waals surface area contributed by atoms with Gasteiger partial charge in [-0.15, -0.1) is 11.3 Å². The minimum atomic E-state index is -1.03. The number of aliphatic carboxylic acids is 1. The van der Waals surface area contributed by atoms with E-state index in [1.165, 1.54) is 11.3 Å². The molecule has 1 aromatic heterocycles. The Hall–Kier alpha value is -3.19. The Bertz CT molecular complexity index is 917. The lowest BCUT2D eigenvalue weighted by molar-refractivity contribution is -0.139. The minimum Gasteiger partial charge on any atom is -0.482 e. The maximum atomic E-state index is 12.2. The van der Waals surface area contributed by atoms with Crippen LogP contribution in [0.3, 0.4) is 0 Å². The average Bonchev–Trinajstić information content (AvgIpc) is 3.09. The molecule has 132 valence electrons. The highest BCUT2D eigenvalue weighted by Gasteiger charge is 2.10. The molecule has 7 heteroatoms. The van der Waals surface area contributed by atoms with Gasteiger partial charge in [-0.25, -0.2) is 9.78 Å². The van der Waals surface area contributed by atoms with E-state index in [9.17, 15) is 9.59 Å². The zero-order valence-corrected chi connectivity index (χ0v) is 14.7. The summed E-state index contributed by atoms with van der Waals surface area (Å²) in [6, 6.07) is 14.3. The molecule has 1 heterocycles. The van der Waals surface area contributed by atoms with Crippen LogP contribution in [0, 0.1) is 6.92 Å². The predicted octanol–water partition coefficient (Wildman–Crippen LogP) is 3.83. The van der Waals surface area contributed by atoms with Crippen molar-refractivity contribution in [3.05, 3.63) is 65.0 Å². The van der Waals surface area contributed by atoms with Gasteiger partial charge >= 0.3 is 5.97 Å². The van der Waals surface area contributed by atoms with Gasteiger partial charge in [0.1, 0.15) is 5.75 Å². The number of aromatic nitrogens is 1. The van der Waals surface area contributed by atoms with Gasteiger partial charge in [0.05, 0.1) is 5.69 Å². The number of nitrogens with one attached hydrogen (secondary N) is 1. The Balaban J connectivity index is 1.66. The highest BCUT2D eigenvalue weighted by Crippen LogP contribution is 2.26. The summed E-state index contributed by atoms with van der Waals surface area (Å²) in [5.74, 6) is -0.759. The van der Waals surface area contributed by atoms with Crippen molar-refractivity contribution in [3.63, 3.8) is 0 Å². The number of thiazole rings is 1. The van der Waals surface area contributed by atoms with Crippen molar-refractivity contribution in [1.29, 1.82) is 0 Å². The van der Waals surface area contributed by atoms with Gasteiger partial charge < -0.3 is 9.84 Å². The molecule has 0 saturated heterocycles. The Morgan fingerprint density at radius 3 is 2.46 bits per heavy atom. The van der Waals surface area contributed by atoms with Crippen LogP contribution < -0.4 is 10.1 Å². The highest BCUT2D eigenvalue weighted by molar-refractivity contribution is 7.14. The number of hydrogen-bond donors (Lipinski definition) is 2. The van der Waals surface area contributed by atoms with Crippen LogP contribution in [-0.4, -0.2) is 28.6 Å². The summed E-state index contributed by atoms with van der Waals surface area (Å²) < 4.78 is 5.10. The Kier molecular flexibility index (Phi) is 5.28. The van der Waals surface area contributed by atoms with Crippen molar-refractivity contribution in [2.45, 2.75) is 6.92 Å². The summed E-state index contributed by atoms with van der Waals surface area (Å²) in [6.07, 6.45) is 0. The Labute approximate surface area is 154 Å². The standard InChI is InChI=1S/C19H16N2O4S/c1-12-2-4-14(5-3-12)18(24)21-19-20-16(11-26-19)13-6-8-15(9-7-13)25-10-17(22)23/h2-9,11H,10H2,1H3,(H,22,23)(H,20,21,24). The Morgan fingerprint density at radius 2 is 1.81 bits per heavy atom. The van der Waals surface area contributed by atoms with Crippen LogP contribution in [0.5, 0.6) is 5.75 Å². The van der Waals surface area contributed by atoms with E-state index < -0.39 is 5.97 Å². The topological polar surface area (TPSA) is 88.5 Å². The third kappa shape index (κ3) is 4.46. The molecule has 3 aromatic rings. The molecule has 0 saturated carbocycles. The summed E-state index contributed by atoms with van der Waals surface area (Å²) in [4.78, 5) is 27.2. The number of benzene rings is 2. The zero-order valence-electron chi connectivity index (χ0n) is 13.9. The average molecular weight is 368 g/mol. The molecule has 0 atom stereocenters. The molecule has 0 aliphatic rings. The van der Waals surface area contributed by atoms with E-state index in [2.05, 4.69) is 10.3 Å². The van der Waals surface area contributed by atoms with Crippen LogP contribution in [0.2, 0.25) is 0 Å². The van der Waals surface area contributed by atoms with Gasteiger partial charge in [-0.1, -0.05) is 17.7 Å². The number of carboxylic acids is 1. The van der Waals surface area contributed by atoms with Crippen molar-refractivity contribution in [1.82, 2.24) is 4.98 Å². The first-order valence-electron chi connectivity index (χ1n) is 7.80. The highest BCUT2D eigenvalue weighted by atomic mass is 32.1. The van der Waals surface area contributed by atoms with Crippen LogP contribution in [-0.2, 0) is 4.79 Å². The molecule has 0 unspecified atom stereocenters. The number of carboxylic acid groups (broad SMARTS) is 1. The number of amides is 1. The molecule has 0 aliphatic heterocycles. The van der Waals surface area contributed by atoms with Crippen LogP contribution in [0.4, 0.5) is 5.13 Å². The third-order valence-electron chi connectivity index (χ3n) is 3.55. The molecule has 0 spiro atoms. The molecule has 6 nitrogen and oxygen atoms in total. The molecule has 2 aromatic carbocycles. The number of nitrogens with zero attached hydrogens (tertiary/aromatic N) is 1. The van der Waals surface area contributed by atoms with Crippen molar-refractivity contribution in [2.75, 3.05) is 11.9 Å². The van der Waals surface area contributed by atoms with E-state index in [4.69, 9.17) is 9.84 Å². The third-order valence-corrected chi connectivity index (χ3v) is 4.31. The van der Waals surface area contributed by atoms with Crippen LogP contribution >= 0.6 is 11.3 Å². The number of carbonyl (C=O) groups excluding carboxylic acids is 1. The van der Waals surface area contributed by atoms with Gasteiger partial charge in [0, 0.05) is 16.5 Å². The van der Waals surface area contributed by atoms with Crippen LogP contribution in [0.1, 0.15) is 15.9 Å². The SMILES string of the molecule is Cc1ccc(C(=O)Nc2nc(-c3ccc(OCC(=O)O)cc3)cs2)cc1. The second-order valence-corrected chi connectivity index (χ2v) is 6.42. The summed E-state index contributed by atoms with van der Waals surface area (Å²) in [7, 11) is 0. The molecule has 0 fully saturated rings. The molecular formula is C19H16N2O4S. The number of ether oxygens (including phenoxy) is 1. The number of rotatable bonds is 6. The number of hydrogen-bond acceptors (Lipinski definition) is 5. The first kappa shape index (κ1) is 17.6. The maximum absolute atomic E-state index is 12.2. The smallest absolute Gasteiger partial charge is 0.341 e. The fraction of sp³-hybridized carbons (Fsp3) is 0.105. The van der Waals surface area contributed by atoms with Gasteiger partial charge in [0.25, 0.3) is 5.91 Å². The fourth-order valence-electron chi connectivity index (χ4n) is 2.20. The van der Waals surface area contributed by atoms with Crippen molar-refractivity contribution in [3.8, 4) is 17.0 Å². The van der Waals surface area contributed by atoms with E-state index in [0.29, 0.717) is 16.4 Å². The second-order valence-electron chi connectivity index (χ2n) is 5.56. The summed E-state index contributed by atoms with van der Waals surface area (Å²) >= 11 is 1.34. The lowest BCUT2D eigenvalue weighted by Crippen LogP contribution is -2.11. The second kappa shape index (κ2) is 7.79. The summed E-state index contributed by atoms with van der Waals surface area (Å²) in [6.45, 7) is 1.58. The van der Waals surface area contributed by atoms with Crippen LogP contribution in [0.25, 0.3) is 11.3 Å². The first-order chi connectivity index (χ1) is 12.5. The molecule has 2 N–H and O–H groups in total. The molecule has 3 rings (SSSR count). The molecule has 0 aliphatic carbocycles. The minimum absolute atomic E-state index is 0.205. The summed E-state index contributed by atoms with van der Waals surface area (Å²) in [5, 5.41) is 13.8. The van der Waals surface area contributed by atoms with E-state index in [1.54, 1.807) is 36.4 Å². The molecule has 0 bridgehead atoms. The Morgan fingerprint density at radius 1 is 1.12 bits per heavy atom. The predicted molar refractivity (Wildman–Crippen MR) is 99.8 cm³/mol. The quantitative estimate of drug-likeness (QED) is 0.690. The first-order valence-corrected chi connectivity index (χ1v) is 8.68. The molecule has 1 amide bonds. The molecule has 0 radical (unpaired) electrons. The zero-order chi connectivity index (χ0) is 18.5. The van der Waals surface area contributed by atoms with E-state index in [1.807, 2.05) is 24.4 Å². The largest absolute Gasteiger partial charge is 0.482 e. The number of aryl methyl sites for hydroxylation is 1. The van der Waals surface area contributed by atoms with Gasteiger partial charge in [-0.05, 0) is 43.3 Å². The van der Waals surface area contributed by atoms with Gasteiger partial charge in [0.2, 0.25) is 0 Å². The van der Waals surface area contributed by atoms with Crippen molar-refractivity contribution >= 4 is 28.3 Å². The monoisotopic (exact) mass is 368 g/mol. The molecular weight excluding hydrogens is 352 g/mol. The van der Waals surface area contributed by atoms with E-state index >= 15 is 0 Å². The number of carbonyl (C=O) groups is 2. The fourth-order valence-corrected chi connectivity index (χ4v) is 2.92. The van der Waals surface area contributed by atoms with Crippen LogP contribution in [0.15, 0.2) is 53.9 Å². The van der Waals surface area contributed by atoms with Crippen molar-refractivity contribution in [2.24, 2.45) is 0 Å². The summed E-state index contributed by atoms with van der Waals surface area (Å²) in [5.41, 5.74) is 3.24. The molecule has 26 heavy (non-hydrogen) atoms. The van der Waals surface area contributed by atoms with E-state index in [-0.39, 0.29) is 12.5 Å². The lowest BCUT2D eigenvalue weighted by Gasteiger charge is -2.04. The normalized spacial score (nSPS) is 10.3. The van der Waals surface area contributed by atoms with Gasteiger partial charge in [-0.3, -0.25) is 10.1 Å². The number of anilines is 1. The lowest BCUT2D eigenvalue weighted by atomic mass is 10.1.